The first-order chi connectivity index (χ1) is 8.99. The van der Waals surface area contributed by atoms with Crippen LogP contribution in [0, 0.1) is 0 Å². The van der Waals surface area contributed by atoms with Gasteiger partial charge in [0.1, 0.15) is 5.82 Å². The Bertz CT molecular complexity index is 428. The molecule has 0 aliphatic heterocycles. The van der Waals surface area contributed by atoms with Crippen molar-refractivity contribution in [1.82, 2.24) is 4.98 Å². The van der Waals surface area contributed by atoms with Crippen molar-refractivity contribution in [3.63, 3.8) is 0 Å². The van der Waals surface area contributed by atoms with Crippen LogP contribution in [0.4, 0.5) is 19.0 Å². The van der Waals surface area contributed by atoms with Crippen LogP contribution in [0.25, 0.3) is 0 Å². The van der Waals surface area contributed by atoms with Gasteiger partial charge in [-0.3, -0.25) is 0 Å². The summed E-state index contributed by atoms with van der Waals surface area (Å²) in [6.45, 7) is 0. The minimum absolute atomic E-state index is 0.271. The van der Waals surface area contributed by atoms with Crippen molar-refractivity contribution in [2.75, 3.05) is 12.4 Å². The Labute approximate surface area is 115 Å². The van der Waals surface area contributed by atoms with Crippen LogP contribution in [0.1, 0.15) is 37.7 Å². The molecule has 0 saturated heterocycles. The van der Waals surface area contributed by atoms with E-state index < -0.39 is 11.7 Å². The summed E-state index contributed by atoms with van der Waals surface area (Å²) in [5, 5.41) is 3.55. The Morgan fingerprint density at radius 2 is 1.89 bits per heavy atom. The summed E-state index contributed by atoms with van der Waals surface area (Å²) in [7, 11) is 1.58. The van der Waals surface area contributed by atoms with Gasteiger partial charge in [0.05, 0.1) is 10.6 Å². The lowest BCUT2D eigenvalue weighted by Gasteiger charge is -2.21. The molecule has 0 amide bonds. The molecule has 0 spiro atoms. The van der Waals surface area contributed by atoms with Gasteiger partial charge in [-0.1, -0.05) is 19.3 Å². The quantitative estimate of drug-likeness (QED) is 0.883. The van der Waals surface area contributed by atoms with Crippen LogP contribution in [-0.4, -0.2) is 17.3 Å². The lowest BCUT2D eigenvalue weighted by molar-refractivity contribution is -0.137. The molecule has 1 heterocycles. The second kappa shape index (κ2) is 6.03. The van der Waals surface area contributed by atoms with E-state index in [1.807, 2.05) is 0 Å². The highest BCUT2D eigenvalue weighted by Crippen LogP contribution is 2.37. The second-order valence-electron chi connectivity index (χ2n) is 4.70. The Morgan fingerprint density at radius 3 is 2.47 bits per heavy atom. The van der Waals surface area contributed by atoms with Crippen LogP contribution < -0.4 is 5.32 Å². The molecule has 0 aromatic carbocycles. The third kappa shape index (κ3) is 4.03. The van der Waals surface area contributed by atoms with E-state index in [0.29, 0.717) is 10.3 Å². The van der Waals surface area contributed by atoms with Crippen LogP contribution >= 0.6 is 11.8 Å². The molecule has 19 heavy (non-hydrogen) atoms. The van der Waals surface area contributed by atoms with Crippen molar-refractivity contribution in [1.29, 1.82) is 0 Å². The normalized spacial score (nSPS) is 17.5. The van der Waals surface area contributed by atoms with E-state index in [1.54, 1.807) is 7.05 Å². The molecule has 2 nitrogen and oxygen atoms in total. The molecule has 1 aliphatic rings. The highest BCUT2D eigenvalue weighted by atomic mass is 32.2. The van der Waals surface area contributed by atoms with E-state index in [4.69, 9.17) is 0 Å². The molecule has 1 fully saturated rings. The van der Waals surface area contributed by atoms with Crippen molar-refractivity contribution in [3.8, 4) is 0 Å². The maximum absolute atomic E-state index is 12.8. The fraction of sp³-hybridized carbons (Fsp3) is 0.615. The average molecular weight is 290 g/mol. The zero-order valence-electron chi connectivity index (χ0n) is 10.8. The van der Waals surface area contributed by atoms with Crippen molar-refractivity contribution < 1.29 is 13.2 Å². The Hall–Kier alpha value is -0.910. The maximum Gasteiger partial charge on any atom is 0.416 e. The Kier molecular flexibility index (Phi) is 4.60. The van der Waals surface area contributed by atoms with Gasteiger partial charge in [0.15, 0.2) is 0 Å². The molecular weight excluding hydrogens is 273 g/mol. The van der Waals surface area contributed by atoms with Gasteiger partial charge < -0.3 is 5.32 Å². The molecule has 1 saturated carbocycles. The maximum atomic E-state index is 12.8. The van der Waals surface area contributed by atoms with Crippen LogP contribution in [0.2, 0.25) is 0 Å². The number of rotatable bonds is 3. The van der Waals surface area contributed by atoms with Gasteiger partial charge in [-0.25, -0.2) is 4.98 Å². The molecule has 0 radical (unpaired) electrons. The van der Waals surface area contributed by atoms with Gasteiger partial charge in [0.2, 0.25) is 0 Å². The fourth-order valence-corrected chi connectivity index (χ4v) is 3.47. The smallest absolute Gasteiger partial charge is 0.373 e. The second-order valence-corrected chi connectivity index (χ2v) is 6.03. The summed E-state index contributed by atoms with van der Waals surface area (Å²) in [6, 6.07) is 2.20. The molecule has 0 bridgehead atoms. The number of hydrogen-bond donors (Lipinski definition) is 1. The predicted molar refractivity (Wildman–Crippen MR) is 71.5 cm³/mol. The molecule has 106 valence electrons. The molecular formula is C13H17F3N2S. The number of thioether (sulfide) groups is 1. The van der Waals surface area contributed by atoms with Crippen LogP contribution in [0.3, 0.4) is 0 Å². The third-order valence-corrected chi connectivity index (χ3v) is 4.48. The summed E-state index contributed by atoms with van der Waals surface area (Å²) < 4.78 is 38.4. The molecule has 2 rings (SSSR count). The zero-order chi connectivity index (χ0) is 13.9. The van der Waals surface area contributed by atoms with Crippen molar-refractivity contribution in [2.45, 2.75) is 48.6 Å². The minimum Gasteiger partial charge on any atom is -0.373 e. The topological polar surface area (TPSA) is 24.9 Å². The molecule has 0 unspecified atom stereocenters. The average Bonchev–Trinajstić information content (AvgIpc) is 2.38. The number of aromatic nitrogens is 1. The van der Waals surface area contributed by atoms with Crippen LogP contribution in [0.5, 0.6) is 0 Å². The number of hydrogen-bond acceptors (Lipinski definition) is 3. The lowest BCUT2D eigenvalue weighted by Crippen LogP contribution is -2.10. The van der Waals surface area contributed by atoms with Crippen molar-refractivity contribution in [3.05, 3.63) is 17.7 Å². The zero-order valence-corrected chi connectivity index (χ0v) is 11.6. The van der Waals surface area contributed by atoms with Crippen LogP contribution in [-0.2, 0) is 6.18 Å². The summed E-state index contributed by atoms with van der Waals surface area (Å²) >= 11 is 1.47. The molecule has 0 atom stereocenters. The first-order valence-electron chi connectivity index (χ1n) is 6.43. The summed E-state index contributed by atoms with van der Waals surface area (Å²) in [6.07, 6.45) is 1.37. The highest BCUT2D eigenvalue weighted by Gasteiger charge is 2.32. The molecule has 1 N–H and O–H groups in total. The third-order valence-electron chi connectivity index (χ3n) is 3.22. The van der Waals surface area contributed by atoms with Gasteiger partial charge >= 0.3 is 6.18 Å². The monoisotopic (exact) mass is 290 g/mol. The number of anilines is 1. The highest BCUT2D eigenvalue weighted by molar-refractivity contribution is 7.99. The number of halogens is 3. The van der Waals surface area contributed by atoms with E-state index in [9.17, 15) is 13.2 Å². The standard InChI is InChI=1S/C13H17F3N2S/c1-17-11-7-9(13(14,15)16)8-12(18-11)19-10-5-3-2-4-6-10/h7-8,10H,2-6H2,1H3,(H,17,18). The fourth-order valence-electron chi connectivity index (χ4n) is 2.21. The summed E-state index contributed by atoms with van der Waals surface area (Å²) in [5.41, 5.74) is -0.634. The summed E-state index contributed by atoms with van der Waals surface area (Å²) in [5.74, 6) is 0.271. The minimum atomic E-state index is -4.32. The van der Waals surface area contributed by atoms with E-state index in [2.05, 4.69) is 10.3 Å². The molecule has 1 aromatic heterocycles. The SMILES string of the molecule is CNc1cc(C(F)(F)F)cc(SC2CCCCC2)n1. The Morgan fingerprint density at radius 1 is 1.21 bits per heavy atom. The van der Waals surface area contributed by atoms with E-state index >= 15 is 0 Å². The number of pyridine rings is 1. The number of alkyl halides is 3. The Balaban J connectivity index is 2.19. The largest absolute Gasteiger partial charge is 0.416 e. The van der Waals surface area contributed by atoms with Crippen LogP contribution in [0.15, 0.2) is 17.2 Å². The first-order valence-corrected chi connectivity index (χ1v) is 7.30. The van der Waals surface area contributed by atoms with Gasteiger partial charge in [-0.2, -0.15) is 13.2 Å². The lowest BCUT2D eigenvalue weighted by atomic mass is 10.0. The summed E-state index contributed by atoms with van der Waals surface area (Å²) in [4.78, 5) is 4.21. The number of nitrogens with zero attached hydrogens (tertiary/aromatic N) is 1. The van der Waals surface area contributed by atoms with Crippen molar-refractivity contribution in [2.24, 2.45) is 0 Å². The van der Waals surface area contributed by atoms with E-state index in [1.165, 1.54) is 18.2 Å². The van der Waals surface area contributed by atoms with E-state index in [0.717, 1.165) is 37.8 Å². The molecule has 1 aromatic rings. The molecule has 6 heteroatoms. The predicted octanol–water partition coefficient (Wildman–Crippen LogP) is 4.57. The van der Waals surface area contributed by atoms with Gasteiger partial charge in [0, 0.05) is 12.3 Å². The number of nitrogens with one attached hydrogen (secondary N) is 1. The van der Waals surface area contributed by atoms with Gasteiger partial charge in [-0.05, 0) is 25.0 Å². The van der Waals surface area contributed by atoms with Gasteiger partial charge in [-0.15, -0.1) is 11.8 Å². The first kappa shape index (κ1) is 14.5. The molecule has 1 aliphatic carbocycles. The van der Waals surface area contributed by atoms with Crippen molar-refractivity contribution >= 4 is 17.6 Å². The van der Waals surface area contributed by atoms with Gasteiger partial charge in [0.25, 0.3) is 0 Å². The van der Waals surface area contributed by atoms with E-state index in [-0.39, 0.29) is 5.82 Å².